The second kappa shape index (κ2) is 5.33. The van der Waals surface area contributed by atoms with Crippen LogP contribution in [-0.4, -0.2) is 15.1 Å². The summed E-state index contributed by atoms with van der Waals surface area (Å²) in [6, 6.07) is 0. The van der Waals surface area contributed by atoms with E-state index in [-0.39, 0.29) is 0 Å². The largest absolute Gasteiger partial charge is 0.204 e. The minimum absolute atomic E-state index is 0.552. The first kappa shape index (κ1) is 10.7. The van der Waals surface area contributed by atoms with Crippen LogP contribution in [0.2, 0.25) is 4.47 Å². The molecule has 1 aliphatic rings. The van der Waals surface area contributed by atoms with Crippen LogP contribution in [0.5, 0.6) is 0 Å². The summed E-state index contributed by atoms with van der Waals surface area (Å²) in [5.74, 6) is 2.03. The summed E-state index contributed by atoms with van der Waals surface area (Å²) in [6.07, 6.45) is 6.98. The summed E-state index contributed by atoms with van der Waals surface area (Å²) in [5, 5.41) is 0.852. The number of hydrogen-bond donors (Lipinski definition) is 0. The lowest BCUT2D eigenvalue weighted by atomic mass is 9.91. The summed E-state index contributed by atoms with van der Waals surface area (Å²) in [6.45, 7) is 0. The minimum atomic E-state index is 0.552. The van der Waals surface area contributed by atoms with Gasteiger partial charge >= 0.3 is 0 Å². The van der Waals surface area contributed by atoms with Crippen molar-refractivity contribution in [1.82, 2.24) is 9.36 Å². The van der Waals surface area contributed by atoms with Crippen LogP contribution in [0.1, 0.15) is 32.1 Å². The lowest BCUT2D eigenvalue weighted by Crippen LogP contribution is -2.08. The van der Waals surface area contributed by atoms with Gasteiger partial charge in [-0.05, 0) is 41.9 Å². The highest BCUT2D eigenvalue weighted by molar-refractivity contribution is 7.99. The van der Waals surface area contributed by atoms with E-state index in [4.69, 9.17) is 11.6 Å². The van der Waals surface area contributed by atoms with E-state index in [0.29, 0.717) is 4.47 Å². The Kier molecular flexibility index (Phi) is 4.08. The van der Waals surface area contributed by atoms with Crippen molar-refractivity contribution in [3.63, 3.8) is 0 Å². The zero-order valence-electron chi connectivity index (χ0n) is 7.91. The molecular formula is C9H13ClN2S2. The fourth-order valence-electron chi connectivity index (χ4n) is 1.80. The van der Waals surface area contributed by atoms with Crippen LogP contribution in [0.15, 0.2) is 5.16 Å². The molecule has 78 valence electrons. The van der Waals surface area contributed by atoms with Gasteiger partial charge in [-0.3, -0.25) is 0 Å². The number of nitrogens with zero attached hydrogens (tertiary/aromatic N) is 2. The molecule has 2 nitrogen and oxygen atoms in total. The number of rotatable bonds is 3. The number of hydrogen-bond acceptors (Lipinski definition) is 4. The van der Waals surface area contributed by atoms with Gasteiger partial charge in [-0.2, -0.15) is 9.36 Å². The smallest absolute Gasteiger partial charge is 0.198 e. The molecule has 0 atom stereocenters. The second-order valence-corrected chi connectivity index (χ2v) is 5.97. The van der Waals surface area contributed by atoms with Gasteiger partial charge in [-0.15, -0.1) is 0 Å². The molecule has 1 aromatic heterocycles. The van der Waals surface area contributed by atoms with Gasteiger partial charge in [0.15, 0.2) is 0 Å². The maximum absolute atomic E-state index is 5.71. The van der Waals surface area contributed by atoms with E-state index in [2.05, 4.69) is 9.36 Å². The topological polar surface area (TPSA) is 25.8 Å². The van der Waals surface area contributed by atoms with E-state index in [1.165, 1.54) is 43.6 Å². The molecule has 14 heavy (non-hydrogen) atoms. The highest BCUT2D eigenvalue weighted by atomic mass is 35.5. The van der Waals surface area contributed by atoms with E-state index in [9.17, 15) is 0 Å². The van der Waals surface area contributed by atoms with Crippen LogP contribution in [0.25, 0.3) is 0 Å². The average Bonchev–Trinajstić information content (AvgIpc) is 2.63. The molecule has 0 saturated heterocycles. The Morgan fingerprint density at radius 3 is 2.79 bits per heavy atom. The monoisotopic (exact) mass is 248 g/mol. The van der Waals surface area contributed by atoms with Gasteiger partial charge in [0.1, 0.15) is 0 Å². The van der Waals surface area contributed by atoms with E-state index < -0.39 is 0 Å². The summed E-state index contributed by atoms with van der Waals surface area (Å²) < 4.78 is 4.71. The molecule has 1 aliphatic carbocycles. The van der Waals surface area contributed by atoms with Crippen LogP contribution in [0, 0.1) is 5.92 Å². The number of thioether (sulfide) groups is 1. The van der Waals surface area contributed by atoms with Crippen LogP contribution in [-0.2, 0) is 0 Å². The van der Waals surface area contributed by atoms with Gasteiger partial charge in [0.2, 0.25) is 9.62 Å². The molecule has 0 spiro atoms. The summed E-state index contributed by atoms with van der Waals surface area (Å²) in [7, 11) is 0. The Bertz CT molecular complexity index is 284. The Labute approximate surface area is 97.6 Å². The van der Waals surface area contributed by atoms with Gasteiger partial charge in [0.05, 0.1) is 0 Å². The molecule has 0 bridgehead atoms. The molecule has 2 rings (SSSR count). The predicted molar refractivity (Wildman–Crippen MR) is 62.2 cm³/mol. The first-order valence-electron chi connectivity index (χ1n) is 4.96. The molecule has 0 unspecified atom stereocenters. The first-order valence-corrected chi connectivity index (χ1v) is 7.10. The van der Waals surface area contributed by atoms with Crippen LogP contribution >= 0.6 is 34.9 Å². The van der Waals surface area contributed by atoms with E-state index >= 15 is 0 Å². The third kappa shape index (κ3) is 3.11. The predicted octanol–water partition coefficient (Wildman–Crippen LogP) is 3.86. The Balaban J connectivity index is 1.76. The highest BCUT2D eigenvalue weighted by Gasteiger charge is 2.14. The van der Waals surface area contributed by atoms with Gasteiger partial charge < -0.3 is 0 Å². The van der Waals surface area contributed by atoms with Crippen molar-refractivity contribution in [1.29, 1.82) is 0 Å². The van der Waals surface area contributed by atoms with Crippen LogP contribution in [0.4, 0.5) is 0 Å². The quantitative estimate of drug-likeness (QED) is 0.760. The molecule has 5 heteroatoms. The van der Waals surface area contributed by atoms with Crippen molar-refractivity contribution in [2.24, 2.45) is 5.92 Å². The Morgan fingerprint density at radius 2 is 2.14 bits per heavy atom. The van der Waals surface area contributed by atoms with Crippen molar-refractivity contribution >= 4 is 34.9 Å². The fraction of sp³-hybridized carbons (Fsp3) is 0.778. The SMILES string of the molecule is Clc1nc(SCC2CCCCC2)ns1. The lowest BCUT2D eigenvalue weighted by molar-refractivity contribution is 0.391. The average molecular weight is 249 g/mol. The van der Waals surface area contributed by atoms with Gasteiger partial charge in [0, 0.05) is 5.75 Å². The normalized spacial score (nSPS) is 18.6. The molecule has 1 saturated carbocycles. The summed E-state index contributed by atoms with van der Waals surface area (Å²) in [4.78, 5) is 4.13. The summed E-state index contributed by atoms with van der Waals surface area (Å²) >= 11 is 8.74. The van der Waals surface area contributed by atoms with Gasteiger partial charge in [0.25, 0.3) is 0 Å². The molecule has 0 radical (unpaired) electrons. The zero-order valence-corrected chi connectivity index (χ0v) is 10.3. The standard InChI is InChI=1S/C9H13ClN2S2/c10-8-11-9(12-14-8)13-6-7-4-2-1-3-5-7/h7H,1-6H2. The molecule has 0 N–H and O–H groups in total. The minimum Gasteiger partial charge on any atom is -0.198 e. The zero-order chi connectivity index (χ0) is 9.80. The highest BCUT2D eigenvalue weighted by Crippen LogP contribution is 2.29. The molecule has 0 aliphatic heterocycles. The molecule has 1 heterocycles. The van der Waals surface area contributed by atoms with Crippen molar-refractivity contribution in [2.75, 3.05) is 5.75 Å². The van der Waals surface area contributed by atoms with Crippen LogP contribution < -0.4 is 0 Å². The molecule has 1 fully saturated rings. The van der Waals surface area contributed by atoms with Crippen molar-refractivity contribution < 1.29 is 0 Å². The maximum atomic E-state index is 5.71. The summed E-state index contributed by atoms with van der Waals surface area (Å²) in [5.41, 5.74) is 0. The second-order valence-electron chi connectivity index (χ2n) is 3.64. The first-order chi connectivity index (χ1) is 6.84. The van der Waals surface area contributed by atoms with Crippen molar-refractivity contribution in [3.05, 3.63) is 4.47 Å². The van der Waals surface area contributed by atoms with Gasteiger partial charge in [-0.1, -0.05) is 31.0 Å². The molecule has 0 amide bonds. The van der Waals surface area contributed by atoms with Gasteiger partial charge in [-0.25, -0.2) is 0 Å². The maximum Gasteiger partial charge on any atom is 0.204 e. The van der Waals surface area contributed by atoms with E-state index in [1.807, 2.05) is 0 Å². The number of aromatic nitrogens is 2. The Morgan fingerprint density at radius 1 is 1.36 bits per heavy atom. The third-order valence-electron chi connectivity index (χ3n) is 2.56. The van der Waals surface area contributed by atoms with Crippen LogP contribution in [0.3, 0.4) is 0 Å². The van der Waals surface area contributed by atoms with E-state index in [1.54, 1.807) is 11.8 Å². The fourth-order valence-corrected chi connectivity index (χ4v) is 3.61. The third-order valence-corrected chi connectivity index (χ3v) is 4.55. The molecule has 0 aromatic carbocycles. The lowest BCUT2D eigenvalue weighted by Gasteiger charge is -2.20. The van der Waals surface area contributed by atoms with Crippen molar-refractivity contribution in [2.45, 2.75) is 37.3 Å². The Hall–Kier alpha value is 0.200. The molecular weight excluding hydrogens is 236 g/mol. The number of halogens is 1. The molecule has 1 aromatic rings. The van der Waals surface area contributed by atoms with Crippen molar-refractivity contribution in [3.8, 4) is 0 Å². The van der Waals surface area contributed by atoms with E-state index in [0.717, 1.165) is 16.8 Å².